The lowest BCUT2D eigenvalue weighted by molar-refractivity contribution is -0.137. The summed E-state index contributed by atoms with van der Waals surface area (Å²) in [6.45, 7) is 0.510. The zero-order chi connectivity index (χ0) is 20.0. The number of amides is 1. The standard InChI is InChI=1S/C23H20N4O2/c1-27-12-11-23(29,22(27)28)10-9-15-3-2-4-17(13-15)18-7-8-19-21(26-18)20(16-5-6-16)25-14-24-19/h2-4,7-8,13-14,16,29H,5-6,11-12H2,1H3/t23-/m0/s1. The maximum Gasteiger partial charge on any atom is 0.267 e. The van der Waals surface area contributed by atoms with Gasteiger partial charge in [0.1, 0.15) is 11.8 Å². The molecule has 3 aromatic rings. The first-order valence-electron chi connectivity index (χ1n) is 9.77. The summed E-state index contributed by atoms with van der Waals surface area (Å²) in [5.74, 6) is 5.88. The van der Waals surface area contributed by atoms with Crippen LogP contribution in [0.3, 0.4) is 0 Å². The van der Waals surface area contributed by atoms with E-state index in [2.05, 4.69) is 21.8 Å². The van der Waals surface area contributed by atoms with E-state index < -0.39 is 5.60 Å². The molecule has 1 amide bonds. The number of carbonyl (C=O) groups excluding carboxylic acids is 1. The lowest BCUT2D eigenvalue weighted by atomic mass is 10.0. The van der Waals surface area contributed by atoms with E-state index in [-0.39, 0.29) is 5.91 Å². The molecule has 29 heavy (non-hydrogen) atoms. The van der Waals surface area contributed by atoms with Crippen LogP contribution in [0, 0.1) is 11.8 Å². The van der Waals surface area contributed by atoms with Gasteiger partial charge >= 0.3 is 0 Å². The first-order valence-corrected chi connectivity index (χ1v) is 9.77. The van der Waals surface area contributed by atoms with Crippen molar-refractivity contribution in [2.24, 2.45) is 0 Å². The summed E-state index contributed by atoms with van der Waals surface area (Å²) in [5, 5.41) is 10.5. The van der Waals surface area contributed by atoms with Gasteiger partial charge in [0.2, 0.25) is 5.60 Å². The number of likely N-dealkylation sites (tertiary alicyclic amines) is 1. The number of nitrogens with zero attached hydrogens (tertiary/aromatic N) is 4. The maximum atomic E-state index is 12.1. The Kier molecular flexibility index (Phi) is 4.07. The van der Waals surface area contributed by atoms with Crippen LogP contribution in [0.25, 0.3) is 22.3 Å². The van der Waals surface area contributed by atoms with E-state index >= 15 is 0 Å². The Morgan fingerprint density at radius 3 is 2.83 bits per heavy atom. The molecular formula is C23H20N4O2. The lowest BCUT2D eigenvalue weighted by Crippen LogP contribution is -2.37. The van der Waals surface area contributed by atoms with Crippen molar-refractivity contribution in [3.8, 4) is 23.1 Å². The van der Waals surface area contributed by atoms with Gasteiger partial charge in [-0.1, -0.05) is 24.0 Å². The Balaban J connectivity index is 1.50. The van der Waals surface area contributed by atoms with Crippen molar-refractivity contribution in [2.45, 2.75) is 30.8 Å². The Hall–Kier alpha value is -3.30. The molecule has 0 radical (unpaired) electrons. The minimum Gasteiger partial charge on any atom is -0.369 e. The minimum absolute atomic E-state index is 0.325. The van der Waals surface area contributed by atoms with Crippen molar-refractivity contribution in [3.63, 3.8) is 0 Å². The number of carbonyl (C=O) groups is 1. The van der Waals surface area contributed by atoms with Crippen molar-refractivity contribution in [2.75, 3.05) is 13.6 Å². The maximum absolute atomic E-state index is 12.1. The molecule has 2 aromatic heterocycles. The molecule has 1 aliphatic carbocycles. The molecule has 1 saturated carbocycles. The zero-order valence-corrected chi connectivity index (χ0v) is 16.1. The van der Waals surface area contributed by atoms with Crippen LogP contribution in [0.1, 0.15) is 36.4 Å². The molecule has 0 unspecified atom stereocenters. The molecule has 6 heteroatoms. The summed E-state index contributed by atoms with van der Waals surface area (Å²) in [7, 11) is 1.67. The predicted octanol–water partition coefficient (Wildman–Crippen LogP) is 2.51. The number of benzene rings is 1. The van der Waals surface area contributed by atoms with Gasteiger partial charge in [-0.2, -0.15) is 0 Å². The van der Waals surface area contributed by atoms with Crippen molar-refractivity contribution < 1.29 is 9.90 Å². The fourth-order valence-corrected chi connectivity index (χ4v) is 3.68. The summed E-state index contributed by atoms with van der Waals surface area (Å²) in [6, 6.07) is 11.6. The summed E-state index contributed by atoms with van der Waals surface area (Å²) < 4.78 is 0. The van der Waals surface area contributed by atoms with Crippen LogP contribution in [0.2, 0.25) is 0 Å². The van der Waals surface area contributed by atoms with Crippen LogP contribution >= 0.6 is 0 Å². The summed E-state index contributed by atoms with van der Waals surface area (Å²) in [4.78, 5) is 27.2. The number of likely N-dealkylation sites (N-methyl/N-ethyl adjacent to an activating group) is 1. The summed E-state index contributed by atoms with van der Waals surface area (Å²) >= 11 is 0. The fourth-order valence-electron chi connectivity index (χ4n) is 3.68. The van der Waals surface area contributed by atoms with E-state index in [4.69, 9.17) is 4.98 Å². The predicted molar refractivity (Wildman–Crippen MR) is 109 cm³/mol. The number of aliphatic hydroxyl groups is 1. The Bertz CT molecular complexity index is 1190. The largest absolute Gasteiger partial charge is 0.369 e. The second-order valence-electron chi connectivity index (χ2n) is 7.77. The molecular weight excluding hydrogens is 364 g/mol. The Labute approximate surface area is 168 Å². The van der Waals surface area contributed by atoms with Crippen LogP contribution in [-0.4, -0.2) is 50.1 Å². The van der Waals surface area contributed by atoms with Crippen molar-refractivity contribution in [3.05, 3.63) is 54.0 Å². The van der Waals surface area contributed by atoms with Crippen LogP contribution in [0.15, 0.2) is 42.7 Å². The fraction of sp³-hybridized carbons (Fsp3) is 0.304. The van der Waals surface area contributed by atoms with Crippen LogP contribution in [-0.2, 0) is 4.79 Å². The van der Waals surface area contributed by atoms with Gasteiger partial charge in [-0.15, -0.1) is 0 Å². The van der Waals surface area contributed by atoms with Gasteiger partial charge in [0.05, 0.1) is 16.9 Å². The number of pyridine rings is 1. The first kappa shape index (κ1) is 17.8. The summed E-state index contributed by atoms with van der Waals surface area (Å²) in [6.07, 6.45) is 4.24. The molecule has 0 bridgehead atoms. The average molecular weight is 384 g/mol. The molecule has 6 nitrogen and oxygen atoms in total. The second kappa shape index (κ2) is 6.64. The van der Waals surface area contributed by atoms with Crippen molar-refractivity contribution in [1.82, 2.24) is 19.9 Å². The molecule has 1 N–H and O–H groups in total. The number of fused-ring (bicyclic) bond motifs is 1. The van der Waals surface area contributed by atoms with Crippen molar-refractivity contribution in [1.29, 1.82) is 0 Å². The molecule has 2 aliphatic rings. The van der Waals surface area contributed by atoms with Crippen LogP contribution < -0.4 is 0 Å². The molecule has 5 rings (SSSR count). The lowest BCUT2D eigenvalue weighted by Gasteiger charge is -2.13. The molecule has 1 atom stereocenters. The minimum atomic E-state index is -1.59. The van der Waals surface area contributed by atoms with Gasteiger partial charge in [0.25, 0.3) is 5.91 Å². The van der Waals surface area contributed by atoms with Gasteiger partial charge in [0, 0.05) is 37.1 Å². The van der Waals surface area contributed by atoms with Gasteiger partial charge in [-0.05, 0) is 37.1 Å². The SMILES string of the molecule is CN1CC[C@@](O)(C#Cc2cccc(-c3ccc4ncnc(C5CC5)c4n3)c2)C1=O. The molecule has 144 valence electrons. The third-order valence-electron chi connectivity index (χ3n) is 5.56. The Morgan fingerprint density at radius 2 is 2.07 bits per heavy atom. The average Bonchev–Trinajstić information content (AvgIpc) is 3.56. The van der Waals surface area contributed by atoms with E-state index in [1.807, 2.05) is 36.4 Å². The van der Waals surface area contributed by atoms with Crippen molar-refractivity contribution >= 4 is 16.9 Å². The van der Waals surface area contributed by atoms with E-state index in [9.17, 15) is 9.90 Å². The number of hydrogen-bond donors (Lipinski definition) is 1. The zero-order valence-electron chi connectivity index (χ0n) is 16.1. The van der Waals surface area contributed by atoms with Gasteiger partial charge in [-0.25, -0.2) is 15.0 Å². The third-order valence-corrected chi connectivity index (χ3v) is 5.56. The van der Waals surface area contributed by atoms with E-state index in [0.29, 0.717) is 18.9 Å². The number of rotatable bonds is 2. The van der Waals surface area contributed by atoms with E-state index in [1.54, 1.807) is 13.4 Å². The van der Waals surface area contributed by atoms with Crippen LogP contribution in [0.4, 0.5) is 0 Å². The first-order chi connectivity index (χ1) is 14.0. The van der Waals surface area contributed by atoms with E-state index in [0.717, 1.165) is 46.4 Å². The monoisotopic (exact) mass is 384 g/mol. The number of hydrogen-bond acceptors (Lipinski definition) is 5. The topological polar surface area (TPSA) is 79.2 Å². The highest BCUT2D eigenvalue weighted by Crippen LogP contribution is 2.41. The second-order valence-corrected chi connectivity index (χ2v) is 7.77. The van der Waals surface area contributed by atoms with Crippen LogP contribution in [0.5, 0.6) is 0 Å². The smallest absolute Gasteiger partial charge is 0.267 e. The Morgan fingerprint density at radius 1 is 1.21 bits per heavy atom. The highest BCUT2D eigenvalue weighted by molar-refractivity contribution is 5.90. The molecule has 3 heterocycles. The normalized spacial score (nSPS) is 21.3. The molecule has 0 spiro atoms. The molecule has 1 aromatic carbocycles. The number of aromatic nitrogens is 3. The highest BCUT2D eigenvalue weighted by Gasteiger charge is 2.42. The van der Waals surface area contributed by atoms with Gasteiger partial charge in [-0.3, -0.25) is 4.79 Å². The third kappa shape index (κ3) is 3.24. The molecule has 1 aliphatic heterocycles. The van der Waals surface area contributed by atoms with Gasteiger partial charge < -0.3 is 10.0 Å². The van der Waals surface area contributed by atoms with E-state index in [1.165, 1.54) is 4.90 Å². The molecule has 1 saturated heterocycles. The highest BCUT2D eigenvalue weighted by atomic mass is 16.3. The quantitative estimate of drug-likeness (QED) is 0.687. The molecule has 2 fully saturated rings. The van der Waals surface area contributed by atoms with Gasteiger partial charge in [0.15, 0.2) is 0 Å². The summed E-state index contributed by atoms with van der Waals surface area (Å²) in [5.41, 5.74) is 3.62.